The molecule has 0 unspecified atom stereocenters. The molecule has 1 saturated heterocycles. The third-order valence-corrected chi connectivity index (χ3v) is 4.68. The smallest absolute Gasteiger partial charge is 0.374 e. The number of aromatic nitrogens is 2. The number of furan rings is 1. The van der Waals surface area contributed by atoms with Gasteiger partial charge in [0.2, 0.25) is 5.76 Å². The number of carbonyl (C=O) groups excluding carboxylic acids is 1. The van der Waals surface area contributed by atoms with Crippen molar-refractivity contribution < 1.29 is 13.9 Å². The van der Waals surface area contributed by atoms with Gasteiger partial charge in [-0.2, -0.15) is 5.10 Å². The molecule has 0 amide bonds. The number of anilines is 1. The fraction of sp³-hybridized carbons (Fsp3) is 0.500. The number of nitrogens with zero attached hydrogens (tertiary/aromatic N) is 4. The summed E-state index contributed by atoms with van der Waals surface area (Å²) < 4.78 is 10.6. The van der Waals surface area contributed by atoms with Crippen LogP contribution in [0.3, 0.4) is 0 Å². The minimum absolute atomic E-state index is 0.0962. The minimum Gasteiger partial charge on any atom is -0.463 e. The van der Waals surface area contributed by atoms with E-state index in [1.165, 1.54) is 7.11 Å². The maximum absolute atomic E-state index is 11.8. The van der Waals surface area contributed by atoms with Gasteiger partial charge in [0.15, 0.2) is 5.82 Å². The summed E-state index contributed by atoms with van der Waals surface area (Å²) in [7, 11) is 1.36. The van der Waals surface area contributed by atoms with Crippen LogP contribution in [0.25, 0.3) is 0 Å². The zero-order valence-corrected chi connectivity index (χ0v) is 14.9. The Morgan fingerprint density at radius 2 is 2.16 bits per heavy atom. The maximum Gasteiger partial charge on any atom is 0.374 e. The minimum atomic E-state index is -0.430. The van der Waals surface area contributed by atoms with E-state index in [1.807, 2.05) is 25.1 Å². The molecular formula is C18H24N4O3. The molecular weight excluding hydrogens is 320 g/mol. The van der Waals surface area contributed by atoms with Gasteiger partial charge in [0, 0.05) is 37.9 Å². The van der Waals surface area contributed by atoms with Gasteiger partial charge in [0.05, 0.1) is 13.2 Å². The number of ether oxygens (including phenoxy) is 1. The molecule has 25 heavy (non-hydrogen) atoms. The van der Waals surface area contributed by atoms with Gasteiger partial charge in [-0.05, 0) is 38.5 Å². The Labute approximate surface area is 147 Å². The zero-order valence-electron chi connectivity index (χ0n) is 14.9. The van der Waals surface area contributed by atoms with Crippen LogP contribution < -0.4 is 4.90 Å². The van der Waals surface area contributed by atoms with Crippen molar-refractivity contribution in [1.82, 2.24) is 15.1 Å². The summed E-state index contributed by atoms with van der Waals surface area (Å²) in [5, 5.41) is 8.17. The second-order valence-electron chi connectivity index (χ2n) is 6.29. The average Bonchev–Trinajstić information content (AvgIpc) is 2.87. The third-order valence-electron chi connectivity index (χ3n) is 4.68. The molecule has 0 N–H and O–H groups in total. The van der Waals surface area contributed by atoms with Gasteiger partial charge in [0.25, 0.3) is 0 Å². The molecule has 0 aliphatic carbocycles. The van der Waals surface area contributed by atoms with E-state index in [0.717, 1.165) is 49.7 Å². The molecule has 0 saturated carbocycles. The standard InChI is InChI=1S/C18H24N4O3/c1-13-12-15(25-17(13)18(23)24-3)14(2)21-8-5-9-22(11-10-21)16-6-4-7-19-20-16/h4,6-7,12,14H,5,8-11H2,1-3H3/t14-/m0/s1. The van der Waals surface area contributed by atoms with Gasteiger partial charge in [-0.1, -0.05) is 0 Å². The quantitative estimate of drug-likeness (QED) is 0.789. The predicted octanol–water partition coefficient (Wildman–Crippen LogP) is 2.44. The van der Waals surface area contributed by atoms with Crippen molar-refractivity contribution in [3.63, 3.8) is 0 Å². The number of hydrogen-bond donors (Lipinski definition) is 0. The Hall–Kier alpha value is -2.41. The van der Waals surface area contributed by atoms with Gasteiger partial charge in [-0.15, -0.1) is 5.10 Å². The Morgan fingerprint density at radius 3 is 2.88 bits per heavy atom. The highest BCUT2D eigenvalue weighted by Crippen LogP contribution is 2.27. The highest BCUT2D eigenvalue weighted by Gasteiger charge is 2.25. The molecule has 2 aromatic heterocycles. The lowest BCUT2D eigenvalue weighted by atomic mass is 10.2. The van der Waals surface area contributed by atoms with Gasteiger partial charge in [0.1, 0.15) is 5.76 Å². The Kier molecular flexibility index (Phi) is 5.33. The van der Waals surface area contributed by atoms with E-state index in [-0.39, 0.29) is 6.04 Å². The predicted molar refractivity (Wildman–Crippen MR) is 93.6 cm³/mol. The van der Waals surface area contributed by atoms with Crippen LogP contribution in [0.1, 0.15) is 41.3 Å². The second kappa shape index (κ2) is 7.65. The molecule has 7 heteroatoms. The van der Waals surface area contributed by atoms with E-state index in [2.05, 4.69) is 26.9 Å². The first-order chi connectivity index (χ1) is 12.1. The number of hydrogen-bond acceptors (Lipinski definition) is 7. The summed E-state index contributed by atoms with van der Waals surface area (Å²) >= 11 is 0. The lowest BCUT2D eigenvalue weighted by Crippen LogP contribution is -2.32. The van der Waals surface area contributed by atoms with Crippen LogP contribution in [0.4, 0.5) is 5.82 Å². The normalized spacial score (nSPS) is 17.2. The van der Waals surface area contributed by atoms with Crippen molar-refractivity contribution >= 4 is 11.8 Å². The van der Waals surface area contributed by atoms with Crippen molar-refractivity contribution in [3.05, 3.63) is 41.5 Å². The largest absolute Gasteiger partial charge is 0.463 e. The average molecular weight is 344 g/mol. The molecule has 0 spiro atoms. The number of carbonyl (C=O) groups is 1. The Balaban J connectivity index is 1.69. The molecule has 2 aromatic rings. The van der Waals surface area contributed by atoms with Crippen molar-refractivity contribution in [3.8, 4) is 0 Å². The Bertz CT molecular complexity index is 716. The fourth-order valence-corrected chi connectivity index (χ4v) is 3.20. The molecule has 1 atom stereocenters. The number of esters is 1. The highest BCUT2D eigenvalue weighted by molar-refractivity contribution is 5.87. The summed E-state index contributed by atoms with van der Waals surface area (Å²) in [5.41, 5.74) is 0.810. The fourth-order valence-electron chi connectivity index (χ4n) is 3.20. The van der Waals surface area contributed by atoms with Gasteiger partial charge in [-0.3, -0.25) is 4.90 Å². The number of rotatable bonds is 4. The summed E-state index contributed by atoms with van der Waals surface area (Å²) in [5.74, 6) is 1.57. The lowest BCUT2D eigenvalue weighted by Gasteiger charge is -2.26. The topological polar surface area (TPSA) is 71.7 Å². The van der Waals surface area contributed by atoms with Crippen LogP contribution in [0.15, 0.2) is 28.8 Å². The molecule has 3 heterocycles. The number of aryl methyl sites for hydroxylation is 1. The van der Waals surface area contributed by atoms with E-state index in [4.69, 9.17) is 9.15 Å². The second-order valence-corrected chi connectivity index (χ2v) is 6.29. The summed E-state index contributed by atoms with van der Waals surface area (Å²) in [6.07, 6.45) is 2.72. The molecule has 1 fully saturated rings. The van der Waals surface area contributed by atoms with Crippen LogP contribution in [-0.4, -0.2) is 54.4 Å². The number of methoxy groups -OCH3 is 1. The van der Waals surface area contributed by atoms with Crippen LogP contribution >= 0.6 is 0 Å². The van der Waals surface area contributed by atoms with Gasteiger partial charge >= 0.3 is 5.97 Å². The molecule has 134 valence electrons. The molecule has 1 aliphatic heterocycles. The third kappa shape index (κ3) is 3.82. The zero-order chi connectivity index (χ0) is 17.8. The van der Waals surface area contributed by atoms with E-state index in [0.29, 0.717) is 5.76 Å². The first kappa shape index (κ1) is 17.4. The maximum atomic E-state index is 11.8. The van der Waals surface area contributed by atoms with Crippen LogP contribution in [0.2, 0.25) is 0 Å². The molecule has 1 aliphatic rings. The molecule has 0 radical (unpaired) electrons. The van der Waals surface area contributed by atoms with Crippen molar-refractivity contribution in [2.45, 2.75) is 26.3 Å². The summed E-state index contributed by atoms with van der Waals surface area (Å²) in [6.45, 7) is 7.66. The van der Waals surface area contributed by atoms with Crippen LogP contribution in [-0.2, 0) is 4.74 Å². The van der Waals surface area contributed by atoms with Crippen molar-refractivity contribution in [1.29, 1.82) is 0 Å². The van der Waals surface area contributed by atoms with E-state index < -0.39 is 5.97 Å². The van der Waals surface area contributed by atoms with Gasteiger partial charge < -0.3 is 14.1 Å². The summed E-state index contributed by atoms with van der Waals surface area (Å²) in [4.78, 5) is 16.4. The van der Waals surface area contributed by atoms with Gasteiger partial charge in [-0.25, -0.2) is 4.79 Å². The Morgan fingerprint density at radius 1 is 1.32 bits per heavy atom. The van der Waals surface area contributed by atoms with Crippen LogP contribution in [0.5, 0.6) is 0 Å². The SMILES string of the molecule is COC(=O)c1oc([C@H](C)N2CCCN(c3cccnn3)CC2)cc1C. The van der Waals surface area contributed by atoms with E-state index >= 15 is 0 Å². The summed E-state index contributed by atoms with van der Waals surface area (Å²) in [6, 6.07) is 5.93. The highest BCUT2D eigenvalue weighted by atomic mass is 16.5. The van der Waals surface area contributed by atoms with Crippen molar-refractivity contribution in [2.24, 2.45) is 0 Å². The van der Waals surface area contributed by atoms with E-state index in [1.54, 1.807) is 6.20 Å². The van der Waals surface area contributed by atoms with E-state index in [9.17, 15) is 4.79 Å². The van der Waals surface area contributed by atoms with Crippen LogP contribution in [0, 0.1) is 6.92 Å². The first-order valence-corrected chi connectivity index (χ1v) is 8.55. The first-order valence-electron chi connectivity index (χ1n) is 8.55. The van der Waals surface area contributed by atoms with Crippen molar-refractivity contribution in [2.75, 3.05) is 38.2 Å². The molecule has 3 rings (SSSR count). The molecule has 7 nitrogen and oxygen atoms in total. The monoisotopic (exact) mass is 344 g/mol. The molecule has 0 aromatic carbocycles. The lowest BCUT2D eigenvalue weighted by molar-refractivity contribution is 0.0558. The molecule has 0 bridgehead atoms.